The van der Waals surface area contributed by atoms with E-state index in [1.54, 1.807) is 24.3 Å². The predicted octanol–water partition coefficient (Wildman–Crippen LogP) is 4.94. The maximum atomic E-state index is 12.7. The van der Waals surface area contributed by atoms with Crippen molar-refractivity contribution in [2.45, 2.75) is 51.2 Å². The summed E-state index contributed by atoms with van der Waals surface area (Å²) in [6.07, 6.45) is 8.10. The van der Waals surface area contributed by atoms with Crippen LogP contribution in [-0.4, -0.2) is 28.5 Å². The number of amides is 1. The van der Waals surface area contributed by atoms with Crippen LogP contribution in [0.5, 0.6) is 0 Å². The molecule has 1 aromatic heterocycles. The second-order valence-corrected chi connectivity index (χ2v) is 9.03. The summed E-state index contributed by atoms with van der Waals surface area (Å²) in [6, 6.07) is 14.0. The molecule has 4 rings (SSSR count). The molecule has 2 aromatic carbocycles. The average Bonchev–Trinajstić information content (AvgIpc) is 2.85. The summed E-state index contributed by atoms with van der Waals surface area (Å²) in [5.74, 6) is -0.199. The molecule has 7 heteroatoms. The van der Waals surface area contributed by atoms with Crippen molar-refractivity contribution in [1.29, 1.82) is 0 Å². The number of carbonyl (C=O) groups is 1. The van der Waals surface area contributed by atoms with Gasteiger partial charge in [0.1, 0.15) is 0 Å². The molecule has 2 N–H and O–H groups in total. The van der Waals surface area contributed by atoms with Crippen LogP contribution in [0.3, 0.4) is 0 Å². The van der Waals surface area contributed by atoms with E-state index in [1.807, 2.05) is 0 Å². The van der Waals surface area contributed by atoms with E-state index >= 15 is 0 Å². The molecule has 0 radical (unpaired) electrons. The summed E-state index contributed by atoms with van der Waals surface area (Å²) < 4.78 is 1.75. The van der Waals surface area contributed by atoms with Crippen molar-refractivity contribution < 1.29 is 4.79 Å². The van der Waals surface area contributed by atoms with E-state index in [0.717, 1.165) is 5.56 Å². The molecule has 33 heavy (non-hydrogen) atoms. The van der Waals surface area contributed by atoms with E-state index in [1.165, 1.54) is 42.4 Å². The molecule has 0 spiro atoms. The Balaban J connectivity index is 1.43. The van der Waals surface area contributed by atoms with Gasteiger partial charge in [0.25, 0.3) is 11.5 Å². The number of benzene rings is 2. The van der Waals surface area contributed by atoms with E-state index in [0.29, 0.717) is 40.4 Å². The van der Waals surface area contributed by atoms with Gasteiger partial charge in [0.15, 0.2) is 4.77 Å². The van der Waals surface area contributed by atoms with Crippen molar-refractivity contribution in [3.05, 3.63) is 81.4 Å². The first kappa shape index (κ1) is 23.0. The Kier molecular flexibility index (Phi) is 7.08. The van der Waals surface area contributed by atoms with Crippen molar-refractivity contribution >= 4 is 34.7 Å². The lowest BCUT2D eigenvalue weighted by Gasteiger charge is -2.33. The third-order valence-corrected chi connectivity index (χ3v) is 6.80. The van der Waals surface area contributed by atoms with Crippen LogP contribution in [0.2, 0.25) is 0 Å². The summed E-state index contributed by atoms with van der Waals surface area (Å²) in [5.41, 5.74) is 3.08. The highest BCUT2D eigenvalue weighted by Gasteiger charge is 2.18. The third kappa shape index (κ3) is 5.09. The summed E-state index contributed by atoms with van der Waals surface area (Å²) >= 11 is 5.28. The fourth-order valence-corrected chi connectivity index (χ4v) is 4.77. The zero-order chi connectivity index (χ0) is 23.4. The monoisotopic (exact) mass is 462 g/mol. The normalized spacial score (nSPS) is 14.2. The van der Waals surface area contributed by atoms with Gasteiger partial charge in [-0.1, -0.05) is 37.5 Å². The summed E-state index contributed by atoms with van der Waals surface area (Å²) in [7, 11) is 2.17. The van der Waals surface area contributed by atoms with Crippen molar-refractivity contribution in [2.24, 2.45) is 0 Å². The van der Waals surface area contributed by atoms with Gasteiger partial charge < -0.3 is 15.2 Å². The van der Waals surface area contributed by atoms with Crippen LogP contribution in [0.25, 0.3) is 10.9 Å². The Morgan fingerprint density at radius 1 is 1.21 bits per heavy atom. The summed E-state index contributed by atoms with van der Waals surface area (Å²) in [6.45, 7) is 4.43. The molecule has 1 heterocycles. The average molecular weight is 463 g/mol. The lowest BCUT2D eigenvalue weighted by Crippen LogP contribution is -2.33. The number of anilines is 1. The quantitative estimate of drug-likeness (QED) is 0.385. The Labute approximate surface area is 198 Å². The molecule has 1 amide bonds. The SMILES string of the molecule is C=CCn1c(=S)[nH]c2cc(C(=O)NCc3ccc(N(C)C4CCCCC4)cc3)ccc2c1=O. The largest absolute Gasteiger partial charge is 0.372 e. The number of aromatic nitrogens is 2. The topological polar surface area (TPSA) is 70.1 Å². The van der Waals surface area contributed by atoms with Crippen LogP contribution in [-0.2, 0) is 13.1 Å². The standard InChI is InChI=1S/C26H30N4O2S/c1-3-15-30-25(32)22-14-11-19(16-23(22)28-26(30)33)24(31)27-17-18-9-12-21(13-10-18)29(2)20-7-5-4-6-8-20/h3,9-14,16,20H,1,4-8,15,17H2,2H3,(H,27,31)(H,28,33). The molecular formula is C26H30N4O2S. The van der Waals surface area contributed by atoms with Gasteiger partial charge in [-0.25, -0.2) is 0 Å². The van der Waals surface area contributed by atoms with Crippen molar-refractivity contribution in [3.8, 4) is 0 Å². The number of rotatable bonds is 7. The number of allylic oxidation sites excluding steroid dienone is 1. The second-order valence-electron chi connectivity index (χ2n) is 8.65. The lowest BCUT2D eigenvalue weighted by atomic mass is 9.94. The van der Waals surface area contributed by atoms with Crippen molar-refractivity contribution in [1.82, 2.24) is 14.9 Å². The highest BCUT2D eigenvalue weighted by atomic mass is 32.1. The molecule has 0 unspecified atom stereocenters. The number of hydrogen-bond acceptors (Lipinski definition) is 4. The number of H-pyrrole nitrogens is 1. The van der Waals surface area contributed by atoms with Crippen LogP contribution in [0.1, 0.15) is 48.0 Å². The highest BCUT2D eigenvalue weighted by Crippen LogP contribution is 2.26. The van der Waals surface area contributed by atoms with Gasteiger partial charge in [-0.3, -0.25) is 14.2 Å². The van der Waals surface area contributed by atoms with Gasteiger partial charge in [0.2, 0.25) is 0 Å². The maximum Gasteiger partial charge on any atom is 0.262 e. The molecule has 1 fully saturated rings. The molecule has 0 aliphatic heterocycles. The van der Waals surface area contributed by atoms with Crippen molar-refractivity contribution in [3.63, 3.8) is 0 Å². The van der Waals surface area contributed by atoms with Gasteiger partial charge in [0.05, 0.1) is 10.9 Å². The Morgan fingerprint density at radius 2 is 1.94 bits per heavy atom. The van der Waals surface area contributed by atoms with Gasteiger partial charge in [-0.05, 0) is 61.0 Å². The Morgan fingerprint density at radius 3 is 2.64 bits per heavy atom. The van der Waals surface area contributed by atoms with Crippen LogP contribution in [0.15, 0.2) is 59.9 Å². The number of aromatic amines is 1. The lowest BCUT2D eigenvalue weighted by molar-refractivity contribution is 0.0951. The fraction of sp³-hybridized carbons (Fsp3) is 0.346. The van der Waals surface area contributed by atoms with E-state index in [-0.39, 0.29) is 11.5 Å². The smallest absolute Gasteiger partial charge is 0.262 e. The fourth-order valence-electron chi connectivity index (χ4n) is 4.50. The van der Waals surface area contributed by atoms with Crippen LogP contribution in [0.4, 0.5) is 5.69 Å². The second kappa shape index (κ2) is 10.2. The number of hydrogen-bond donors (Lipinski definition) is 2. The highest BCUT2D eigenvalue weighted by molar-refractivity contribution is 7.71. The number of carbonyl (C=O) groups excluding carboxylic acids is 1. The number of nitrogens with one attached hydrogen (secondary N) is 2. The van der Waals surface area contributed by atoms with Crippen LogP contribution >= 0.6 is 12.2 Å². The Bertz CT molecular complexity index is 1270. The van der Waals surface area contributed by atoms with Gasteiger partial charge >= 0.3 is 0 Å². The minimum Gasteiger partial charge on any atom is -0.372 e. The van der Waals surface area contributed by atoms with Gasteiger partial charge in [-0.2, -0.15) is 0 Å². The first-order valence-corrected chi connectivity index (χ1v) is 11.9. The maximum absolute atomic E-state index is 12.7. The zero-order valence-electron chi connectivity index (χ0n) is 19.0. The van der Waals surface area contributed by atoms with Crippen LogP contribution < -0.4 is 15.8 Å². The molecule has 0 atom stereocenters. The van der Waals surface area contributed by atoms with Gasteiger partial charge in [-0.15, -0.1) is 6.58 Å². The predicted molar refractivity (Wildman–Crippen MR) is 136 cm³/mol. The molecule has 172 valence electrons. The first-order chi connectivity index (χ1) is 16.0. The molecule has 1 saturated carbocycles. The van der Waals surface area contributed by atoms with Crippen LogP contribution in [0, 0.1) is 4.77 Å². The summed E-state index contributed by atoms with van der Waals surface area (Å²) in [5, 5.41) is 3.45. The number of nitrogens with zero attached hydrogens (tertiary/aromatic N) is 2. The molecule has 1 aliphatic carbocycles. The zero-order valence-corrected chi connectivity index (χ0v) is 19.8. The summed E-state index contributed by atoms with van der Waals surface area (Å²) in [4.78, 5) is 30.8. The third-order valence-electron chi connectivity index (χ3n) is 6.47. The molecule has 1 aliphatic rings. The minimum atomic E-state index is -0.199. The van der Waals surface area contributed by atoms with Gasteiger partial charge in [0, 0.05) is 37.4 Å². The van der Waals surface area contributed by atoms with E-state index in [4.69, 9.17) is 12.2 Å². The molecule has 0 saturated heterocycles. The van der Waals surface area contributed by atoms with E-state index < -0.39 is 0 Å². The molecule has 6 nitrogen and oxygen atoms in total. The number of fused-ring (bicyclic) bond motifs is 1. The minimum absolute atomic E-state index is 0.195. The van der Waals surface area contributed by atoms with E-state index in [2.05, 4.69) is 53.1 Å². The molecular weight excluding hydrogens is 432 g/mol. The molecule has 0 bridgehead atoms. The van der Waals surface area contributed by atoms with E-state index in [9.17, 15) is 9.59 Å². The Hall–Kier alpha value is -3.19. The van der Waals surface area contributed by atoms with Crippen molar-refractivity contribution in [2.75, 3.05) is 11.9 Å². The first-order valence-electron chi connectivity index (χ1n) is 11.5. The molecule has 3 aromatic rings.